The van der Waals surface area contributed by atoms with Gasteiger partial charge in [0.15, 0.2) is 0 Å². The van der Waals surface area contributed by atoms with E-state index in [1.165, 1.54) is 5.01 Å². The molecule has 1 heterocycles. The smallest absolute Gasteiger partial charge is 0.255 e. The Labute approximate surface area is 206 Å². The number of carbonyl (C=O) groups is 1. The number of nitrogens with zero attached hydrogens (tertiary/aromatic N) is 4. The molecule has 0 saturated carbocycles. The number of allylic oxidation sites excluding steroid dienone is 3. The fourth-order valence-corrected chi connectivity index (χ4v) is 3.78. The molecule has 0 spiro atoms. The van der Waals surface area contributed by atoms with Crippen molar-refractivity contribution in [3.63, 3.8) is 0 Å². The molecule has 8 heteroatoms. The normalized spacial score (nSPS) is 14.3. The lowest BCUT2D eigenvalue weighted by molar-refractivity contribution is -0.112. The van der Waals surface area contributed by atoms with Gasteiger partial charge in [0, 0.05) is 35.8 Å². The van der Waals surface area contributed by atoms with E-state index in [4.69, 9.17) is 11.6 Å². The molecule has 5 N–H and O–H groups in total. The second kappa shape index (κ2) is 10.5. The van der Waals surface area contributed by atoms with Crippen molar-refractivity contribution < 1.29 is 4.79 Å². The fraction of sp³-hybridized carbons (Fsp3) is 0.296. The van der Waals surface area contributed by atoms with Crippen LogP contribution in [0.4, 0.5) is 5.69 Å². The van der Waals surface area contributed by atoms with Crippen molar-refractivity contribution in [3.8, 4) is 6.07 Å². The molecule has 1 amide bonds. The second-order valence-electron chi connectivity index (χ2n) is 9.04. The van der Waals surface area contributed by atoms with E-state index in [9.17, 15) is 10.1 Å². The van der Waals surface area contributed by atoms with E-state index >= 15 is 0 Å². The van der Waals surface area contributed by atoms with Gasteiger partial charge in [-0.2, -0.15) is 10.4 Å². The van der Waals surface area contributed by atoms with E-state index in [1.807, 2.05) is 59.0 Å². The number of rotatable bonds is 7. The largest absolute Gasteiger partial charge is 0.397 e. The Bertz CT molecular complexity index is 1280. The summed E-state index contributed by atoms with van der Waals surface area (Å²) in [6, 6.07) is 9.64. The van der Waals surface area contributed by atoms with Gasteiger partial charge in [-0.3, -0.25) is 14.5 Å². The minimum Gasteiger partial charge on any atom is -0.397 e. The highest BCUT2D eigenvalue weighted by molar-refractivity contribution is 6.06. The van der Waals surface area contributed by atoms with Crippen molar-refractivity contribution in [3.05, 3.63) is 88.6 Å². The Kier molecular flexibility index (Phi) is 7.62. The van der Waals surface area contributed by atoms with E-state index in [0.717, 1.165) is 28.8 Å². The van der Waals surface area contributed by atoms with Crippen molar-refractivity contribution in [1.82, 2.24) is 14.8 Å². The lowest BCUT2D eigenvalue weighted by atomic mass is 9.86. The highest BCUT2D eigenvalue weighted by atomic mass is 16.1. The molecule has 0 bridgehead atoms. The standard InChI is InChI=1S/C27H33N7O/c1-6-19-9-7-10-20(26(35)32-22-12-8-11-21(14-22)27(3,4)17-28)13-25(19)34(30)16-24(29)23-15-31-33(5)18(23)2/h8-16H,6-7,29-30H2,1-5H3,(H,32,35)/b24-16-. The predicted octanol–water partition coefficient (Wildman–Crippen LogP) is 4.15. The Balaban J connectivity index is 1.89. The number of carbonyl (C=O) groups excluding carboxylic acids is 1. The van der Waals surface area contributed by atoms with E-state index in [2.05, 4.69) is 22.6 Å². The Morgan fingerprint density at radius 3 is 2.74 bits per heavy atom. The second-order valence-corrected chi connectivity index (χ2v) is 9.04. The molecule has 0 fully saturated rings. The summed E-state index contributed by atoms with van der Waals surface area (Å²) >= 11 is 0. The quantitative estimate of drug-likeness (QED) is 0.411. The number of nitriles is 1. The van der Waals surface area contributed by atoms with Crippen molar-refractivity contribution >= 4 is 17.3 Å². The number of nitrogens with one attached hydrogen (secondary N) is 1. The van der Waals surface area contributed by atoms with Crippen molar-refractivity contribution in [2.75, 3.05) is 5.32 Å². The summed E-state index contributed by atoms with van der Waals surface area (Å²) in [5.41, 5.74) is 11.5. The van der Waals surface area contributed by atoms with Gasteiger partial charge in [-0.15, -0.1) is 0 Å². The summed E-state index contributed by atoms with van der Waals surface area (Å²) in [6.07, 6.45) is 10.4. The number of hydrazine groups is 1. The molecule has 0 saturated heterocycles. The summed E-state index contributed by atoms with van der Waals surface area (Å²) in [4.78, 5) is 13.2. The fourth-order valence-electron chi connectivity index (χ4n) is 3.78. The molecular weight excluding hydrogens is 438 g/mol. The zero-order valence-corrected chi connectivity index (χ0v) is 21.0. The average Bonchev–Trinajstić information content (AvgIpc) is 3.04. The van der Waals surface area contributed by atoms with Gasteiger partial charge in [-0.1, -0.05) is 31.2 Å². The Morgan fingerprint density at radius 1 is 1.37 bits per heavy atom. The highest BCUT2D eigenvalue weighted by Crippen LogP contribution is 2.27. The molecule has 0 radical (unpaired) electrons. The molecule has 1 aromatic carbocycles. The zero-order chi connectivity index (χ0) is 25.8. The first-order chi connectivity index (χ1) is 16.6. The molecule has 182 valence electrons. The third kappa shape index (κ3) is 5.70. The first-order valence-corrected chi connectivity index (χ1v) is 11.5. The molecule has 0 unspecified atom stereocenters. The van der Waals surface area contributed by atoms with Crippen LogP contribution >= 0.6 is 0 Å². The summed E-state index contributed by atoms with van der Waals surface area (Å²) in [5, 5.41) is 18.1. The lowest BCUT2D eigenvalue weighted by Gasteiger charge is -2.21. The van der Waals surface area contributed by atoms with Gasteiger partial charge < -0.3 is 11.1 Å². The molecule has 35 heavy (non-hydrogen) atoms. The molecule has 3 rings (SSSR count). The molecule has 1 aromatic heterocycles. The number of hydrogen-bond acceptors (Lipinski definition) is 6. The SMILES string of the molecule is CCC1=CCC=C(C(=O)Nc2cccc(C(C)(C)C#N)c2)C=C1N(N)/C=C(\N)c1cnn(C)c1C. The van der Waals surface area contributed by atoms with E-state index in [0.29, 0.717) is 29.1 Å². The minimum atomic E-state index is -0.658. The average molecular weight is 472 g/mol. The Hall–Kier alpha value is -4.09. The monoisotopic (exact) mass is 471 g/mol. The zero-order valence-electron chi connectivity index (χ0n) is 21.0. The van der Waals surface area contributed by atoms with Gasteiger partial charge in [0.25, 0.3) is 5.91 Å². The van der Waals surface area contributed by atoms with E-state index in [-0.39, 0.29) is 5.91 Å². The van der Waals surface area contributed by atoms with Crippen molar-refractivity contribution in [1.29, 1.82) is 5.26 Å². The van der Waals surface area contributed by atoms with Crippen molar-refractivity contribution in [2.24, 2.45) is 18.6 Å². The number of benzene rings is 1. The number of anilines is 1. The van der Waals surface area contributed by atoms with Crippen molar-refractivity contribution in [2.45, 2.75) is 46.0 Å². The van der Waals surface area contributed by atoms with Gasteiger partial charge >= 0.3 is 0 Å². The van der Waals surface area contributed by atoms with Gasteiger partial charge in [-0.05, 0) is 63.0 Å². The summed E-state index contributed by atoms with van der Waals surface area (Å²) in [7, 11) is 1.85. The number of hydrogen-bond donors (Lipinski definition) is 3. The number of amides is 1. The summed E-state index contributed by atoms with van der Waals surface area (Å²) in [5.74, 6) is 6.17. The molecule has 8 nitrogen and oxygen atoms in total. The van der Waals surface area contributed by atoms with Gasteiger partial charge in [0.2, 0.25) is 0 Å². The highest BCUT2D eigenvalue weighted by Gasteiger charge is 2.21. The van der Waals surface area contributed by atoms with Crippen LogP contribution in [0.3, 0.4) is 0 Å². The van der Waals surface area contributed by atoms with Crippen LogP contribution in [0, 0.1) is 18.3 Å². The van der Waals surface area contributed by atoms with Crippen LogP contribution in [0.15, 0.2) is 71.7 Å². The molecular formula is C27H33N7O. The maximum atomic E-state index is 13.2. The maximum Gasteiger partial charge on any atom is 0.255 e. The maximum absolute atomic E-state index is 13.2. The van der Waals surface area contributed by atoms with Crippen LogP contribution in [0.5, 0.6) is 0 Å². The number of aromatic nitrogens is 2. The number of nitrogens with two attached hydrogens (primary N) is 2. The van der Waals surface area contributed by atoms with Crippen LogP contribution in [-0.4, -0.2) is 20.7 Å². The van der Waals surface area contributed by atoms with Crippen LogP contribution in [0.1, 0.15) is 50.4 Å². The minimum absolute atomic E-state index is 0.256. The first-order valence-electron chi connectivity index (χ1n) is 11.5. The van der Waals surface area contributed by atoms with Gasteiger partial charge in [0.1, 0.15) is 0 Å². The predicted molar refractivity (Wildman–Crippen MR) is 139 cm³/mol. The van der Waals surface area contributed by atoms with Crippen LogP contribution in [0.2, 0.25) is 0 Å². The molecule has 1 aliphatic carbocycles. The lowest BCUT2D eigenvalue weighted by Crippen LogP contribution is -2.27. The van der Waals surface area contributed by atoms with Crippen LogP contribution < -0.4 is 16.9 Å². The first kappa shape index (κ1) is 25.5. The number of aryl methyl sites for hydroxylation is 1. The van der Waals surface area contributed by atoms with E-state index in [1.54, 1.807) is 29.2 Å². The van der Waals surface area contributed by atoms with Crippen LogP contribution in [-0.2, 0) is 17.3 Å². The third-order valence-corrected chi connectivity index (χ3v) is 6.19. The van der Waals surface area contributed by atoms with Gasteiger partial charge in [0.05, 0.1) is 29.1 Å². The molecule has 2 aromatic rings. The summed E-state index contributed by atoms with van der Waals surface area (Å²) in [6.45, 7) is 7.66. The Morgan fingerprint density at radius 2 is 2.11 bits per heavy atom. The molecule has 0 aliphatic heterocycles. The van der Waals surface area contributed by atoms with E-state index < -0.39 is 5.41 Å². The third-order valence-electron chi connectivity index (χ3n) is 6.19. The molecule has 0 atom stereocenters. The topological polar surface area (TPSA) is 126 Å². The summed E-state index contributed by atoms with van der Waals surface area (Å²) < 4.78 is 1.75. The molecule has 1 aliphatic rings. The van der Waals surface area contributed by atoms with Crippen LogP contribution in [0.25, 0.3) is 5.70 Å². The van der Waals surface area contributed by atoms with Gasteiger partial charge in [-0.25, -0.2) is 5.84 Å².